The van der Waals surface area contributed by atoms with Crippen molar-refractivity contribution in [1.29, 1.82) is 0 Å². The number of benzene rings is 2. The molecule has 1 amide bonds. The summed E-state index contributed by atoms with van der Waals surface area (Å²) in [5, 5.41) is 12.6. The minimum atomic E-state index is -4.06. The van der Waals surface area contributed by atoms with Crippen molar-refractivity contribution in [2.24, 2.45) is 0 Å². The number of amides is 1. The second-order valence-corrected chi connectivity index (χ2v) is 8.71. The normalized spacial score (nSPS) is 15.7. The van der Waals surface area contributed by atoms with Crippen LogP contribution in [0.4, 0.5) is 5.69 Å². The first-order valence-corrected chi connectivity index (χ1v) is 11.3. The van der Waals surface area contributed by atoms with E-state index in [9.17, 15) is 23.1 Å². The lowest BCUT2D eigenvalue weighted by Crippen LogP contribution is -2.34. The molecular formula is C21H24N2O8S. The van der Waals surface area contributed by atoms with E-state index in [1.54, 1.807) is 12.1 Å². The number of ether oxygens (including phenoxy) is 3. The Morgan fingerprint density at radius 2 is 1.94 bits per heavy atom. The molecule has 2 aromatic rings. The lowest BCUT2D eigenvalue weighted by atomic mass is 10.2. The quantitative estimate of drug-likeness (QED) is 0.476. The van der Waals surface area contributed by atoms with E-state index in [0.29, 0.717) is 18.9 Å². The number of phenols is 1. The summed E-state index contributed by atoms with van der Waals surface area (Å²) in [6, 6.07) is 9.39. The summed E-state index contributed by atoms with van der Waals surface area (Å²) in [6.45, 7) is 0.389. The van der Waals surface area contributed by atoms with Crippen molar-refractivity contribution >= 4 is 27.6 Å². The Morgan fingerprint density at radius 3 is 2.59 bits per heavy atom. The molecule has 3 N–H and O–H groups in total. The second kappa shape index (κ2) is 10.3. The highest BCUT2D eigenvalue weighted by molar-refractivity contribution is 7.92. The van der Waals surface area contributed by atoms with Crippen LogP contribution in [-0.4, -0.2) is 58.4 Å². The van der Waals surface area contributed by atoms with Gasteiger partial charge in [-0.1, -0.05) is 0 Å². The van der Waals surface area contributed by atoms with Gasteiger partial charge in [0.15, 0.2) is 6.61 Å². The Morgan fingerprint density at radius 1 is 1.19 bits per heavy atom. The monoisotopic (exact) mass is 464 g/mol. The number of methoxy groups -OCH3 is 1. The third kappa shape index (κ3) is 6.11. The van der Waals surface area contributed by atoms with Crippen LogP contribution in [-0.2, 0) is 24.3 Å². The first-order valence-electron chi connectivity index (χ1n) is 9.84. The molecule has 1 unspecified atom stereocenters. The van der Waals surface area contributed by atoms with Crippen LogP contribution in [0.3, 0.4) is 0 Å². The van der Waals surface area contributed by atoms with Gasteiger partial charge in [0.1, 0.15) is 17.1 Å². The lowest BCUT2D eigenvalue weighted by Gasteiger charge is -2.12. The van der Waals surface area contributed by atoms with E-state index in [0.717, 1.165) is 31.0 Å². The molecule has 11 heteroatoms. The smallest absolute Gasteiger partial charge is 0.342 e. The van der Waals surface area contributed by atoms with Crippen molar-refractivity contribution in [3.8, 4) is 11.5 Å². The summed E-state index contributed by atoms with van der Waals surface area (Å²) < 4.78 is 43.0. The SMILES string of the molecule is COc1ccc(NS(=O)(=O)c2ccc(O)c(C(=O)OCC(=O)NCC3CCCO3)c2)cc1. The summed E-state index contributed by atoms with van der Waals surface area (Å²) in [6.07, 6.45) is 1.72. The van der Waals surface area contributed by atoms with Crippen molar-refractivity contribution < 1.29 is 37.3 Å². The van der Waals surface area contributed by atoms with Crippen molar-refractivity contribution in [1.82, 2.24) is 5.32 Å². The van der Waals surface area contributed by atoms with E-state index in [2.05, 4.69) is 10.0 Å². The van der Waals surface area contributed by atoms with Gasteiger partial charge in [-0.25, -0.2) is 13.2 Å². The van der Waals surface area contributed by atoms with Crippen molar-refractivity contribution in [3.63, 3.8) is 0 Å². The van der Waals surface area contributed by atoms with Gasteiger partial charge in [-0.3, -0.25) is 9.52 Å². The number of nitrogens with one attached hydrogen (secondary N) is 2. The molecule has 1 aliphatic rings. The van der Waals surface area contributed by atoms with Crippen LogP contribution < -0.4 is 14.8 Å². The number of aromatic hydroxyl groups is 1. The number of esters is 1. The van der Waals surface area contributed by atoms with Gasteiger partial charge in [0.2, 0.25) is 0 Å². The highest BCUT2D eigenvalue weighted by Crippen LogP contribution is 2.24. The van der Waals surface area contributed by atoms with Crippen molar-refractivity contribution in [3.05, 3.63) is 48.0 Å². The third-order valence-electron chi connectivity index (χ3n) is 4.73. The first-order chi connectivity index (χ1) is 15.3. The van der Waals surface area contributed by atoms with Crippen LogP contribution in [0.15, 0.2) is 47.4 Å². The van der Waals surface area contributed by atoms with Gasteiger partial charge in [-0.05, 0) is 55.3 Å². The van der Waals surface area contributed by atoms with Crippen LogP contribution >= 0.6 is 0 Å². The number of phenolic OH excluding ortho intramolecular Hbond substituents is 1. The van der Waals surface area contributed by atoms with Crippen molar-refractivity contribution in [2.45, 2.75) is 23.8 Å². The number of carbonyl (C=O) groups excluding carboxylic acids is 2. The fourth-order valence-corrected chi connectivity index (χ4v) is 4.10. The maximum absolute atomic E-state index is 12.7. The van der Waals surface area contributed by atoms with Gasteiger partial charge in [-0.15, -0.1) is 0 Å². The van der Waals surface area contributed by atoms with Gasteiger partial charge < -0.3 is 24.6 Å². The van der Waals surface area contributed by atoms with E-state index in [4.69, 9.17) is 14.2 Å². The van der Waals surface area contributed by atoms with E-state index >= 15 is 0 Å². The Balaban J connectivity index is 1.63. The zero-order valence-corrected chi connectivity index (χ0v) is 18.2. The Bertz CT molecular complexity index is 1060. The highest BCUT2D eigenvalue weighted by Gasteiger charge is 2.22. The third-order valence-corrected chi connectivity index (χ3v) is 6.10. The summed E-state index contributed by atoms with van der Waals surface area (Å²) in [5.41, 5.74) is -0.0968. The van der Waals surface area contributed by atoms with Gasteiger partial charge >= 0.3 is 5.97 Å². The molecule has 10 nitrogen and oxygen atoms in total. The fraction of sp³-hybridized carbons (Fsp3) is 0.333. The summed E-state index contributed by atoms with van der Waals surface area (Å²) >= 11 is 0. The summed E-state index contributed by atoms with van der Waals surface area (Å²) in [4.78, 5) is 23.9. The molecule has 0 aromatic heterocycles. The number of sulfonamides is 1. The molecule has 0 radical (unpaired) electrons. The summed E-state index contributed by atoms with van der Waals surface area (Å²) in [5.74, 6) is -1.48. The van der Waals surface area contributed by atoms with Gasteiger partial charge in [-0.2, -0.15) is 0 Å². The number of carbonyl (C=O) groups is 2. The molecule has 2 aromatic carbocycles. The topological polar surface area (TPSA) is 140 Å². The van der Waals surface area contributed by atoms with E-state index in [1.165, 1.54) is 19.2 Å². The van der Waals surface area contributed by atoms with Crippen LogP contribution in [0.2, 0.25) is 0 Å². The molecule has 1 aliphatic heterocycles. The van der Waals surface area contributed by atoms with Crippen LogP contribution in [0.5, 0.6) is 11.5 Å². The molecule has 1 atom stereocenters. The standard InChI is InChI=1S/C21H24N2O8S/c1-29-15-6-4-14(5-7-15)23-32(27,28)17-8-9-19(24)18(11-17)21(26)31-13-20(25)22-12-16-3-2-10-30-16/h4-9,11,16,23-24H,2-3,10,12-13H2,1H3,(H,22,25). The number of anilines is 1. The first kappa shape index (κ1) is 23.4. The molecule has 172 valence electrons. The number of rotatable bonds is 9. The van der Waals surface area contributed by atoms with E-state index in [1.807, 2.05) is 0 Å². The van der Waals surface area contributed by atoms with Gasteiger partial charge in [0.05, 0.1) is 18.1 Å². The van der Waals surface area contributed by atoms with Gasteiger partial charge in [0, 0.05) is 18.8 Å². The summed E-state index contributed by atoms with van der Waals surface area (Å²) in [7, 11) is -2.57. The Labute approximate surface area is 185 Å². The predicted octanol–water partition coefficient (Wildman–Crippen LogP) is 1.65. The molecular weight excluding hydrogens is 440 g/mol. The molecule has 1 saturated heterocycles. The molecule has 0 spiro atoms. The van der Waals surface area contributed by atoms with Crippen LogP contribution in [0.25, 0.3) is 0 Å². The highest BCUT2D eigenvalue weighted by atomic mass is 32.2. The molecule has 32 heavy (non-hydrogen) atoms. The zero-order chi connectivity index (χ0) is 23.1. The largest absolute Gasteiger partial charge is 0.507 e. The Kier molecular flexibility index (Phi) is 7.54. The molecule has 1 fully saturated rings. The van der Waals surface area contributed by atoms with E-state index in [-0.39, 0.29) is 22.3 Å². The minimum absolute atomic E-state index is 0.0567. The second-order valence-electron chi connectivity index (χ2n) is 7.03. The average Bonchev–Trinajstić information content (AvgIpc) is 3.30. The zero-order valence-electron chi connectivity index (χ0n) is 17.4. The van der Waals surface area contributed by atoms with Crippen LogP contribution in [0.1, 0.15) is 23.2 Å². The number of hydrogen-bond donors (Lipinski definition) is 3. The van der Waals surface area contributed by atoms with Crippen molar-refractivity contribution in [2.75, 3.05) is 31.6 Å². The maximum Gasteiger partial charge on any atom is 0.342 e. The van der Waals surface area contributed by atoms with Gasteiger partial charge in [0.25, 0.3) is 15.9 Å². The molecule has 3 rings (SSSR count). The maximum atomic E-state index is 12.7. The minimum Gasteiger partial charge on any atom is -0.507 e. The number of hydrogen-bond acceptors (Lipinski definition) is 8. The van der Waals surface area contributed by atoms with E-state index < -0.39 is 34.3 Å². The Hall–Kier alpha value is -3.31. The molecule has 0 saturated carbocycles. The van der Waals surface area contributed by atoms with Crippen LogP contribution in [0, 0.1) is 0 Å². The lowest BCUT2D eigenvalue weighted by molar-refractivity contribution is -0.124. The molecule has 0 bridgehead atoms. The molecule has 0 aliphatic carbocycles. The average molecular weight is 464 g/mol. The predicted molar refractivity (Wildman–Crippen MR) is 114 cm³/mol. The molecule has 1 heterocycles. The fourth-order valence-electron chi connectivity index (χ4n) is 3.01.